The molecule has 0 saturated carbocycles. The summed E-state index contributed by atoms with van der Waals surface area (Å²) in [6, 6.07) is 19.3. The summed E-state index contributed by atoms with van der Waals surface area (Å²) in [5.41, 5.74) is 1.05. The quantitative estimate of drug-likeness (QED) is 0.921. The Bertz CT molecular complexity index is 615. The first kappa shape index (κ1) is 14.4. The largest absolute Gasteiger partial charge is 0.491 e. The predicted molar refractivity (Wildman–Crippen MR) is 85.3 cm³/mol. The van der Waals surface area contributed by atoms with Gasteiger partial charge in [0.05, 0.1) is 12.0 Å². The molecular formula is C18H19NO3. The number of para-hydroxylation sites is 2. The van der Waals surface area contributed by atoms with Crippen molar-refractivity contribution in [2.45, 2.75) is 12.5 Å². The van der Waals surface area contributed by atoms with E-state index in [0.29, 0.717) is 13.0 Å². The minimum absolute atomic E-state index is 0.153. The van der Waals surface area contributed by atoms with Crippen molar-refractivity contribution in [3.63, 3.8) is 0 Å². The molecule has 0 spiro atoms. The maximum Gasteiger partial charge on any atom is 0.308 e. The van der Waals surface area contributed by atoms with Crippen molar-refractivity contribution in [1.29, 1.82) is 0 Å². The van der Waals surface area contributed by atoms with E-state index >= 15 is 0 Å². The number of nitrogens with zero attached hydrogens (tertiary/aromatic N) is 1. The molecule has 1 saturated heterocycles. The molecule has 2 aromatic carbocycles. The molecule has 0 bridgehead atoms. The van der Waals surface area contributed by atoms with E-state index in [1.54, 1.807) is 0 Å². The lowest BCUT2D eigenvalue weighted by molar-refractivity contribution is -0.142. The highest BCUT2D eigenvalue weighted by Crippen LogP contribution is 2.30. The van der Waals surface area contributed by atoms with Crippen molar-refractivity contribution in [2.24, 2.45) is 5.92 Å². The van der Waals surface area contributed by atoms with Crippen molar-refractivity contribution in [1.82, 2.24) is 0 Å². The van der Waals surface area contributed by atoms with Crippen molar-refractivity contribution in [2.75, 3.05) is 18.1 Å². The van der Waals surface area contributed by atoms with Crippen molar-refractivity contribution < 1.29 is 14.6 Å². The lowest BCUT2D eigenvalue weighted by atomic mass is 10.0. The second-order valence-electron chi connectivity index (χ2n) is 5.45. The molecule has 1 N–H and O–H groups in total. The molecular weight excluding hydrogens is 278 g/mol. The Kier molecular flexibility index (Phi) is 4.28. The summed E-state index contributed by atoms with van der Waals surface area (Å²) in [6.45, 7) is 1.11. The van der Waals surface area contributed by atoms with Crippen molar-refractivity contribution in [3.05, 3.63) is 60.7 Å². The number of carboxylic acid groups (broad SMARTS) is 1. The van der Waals surface area contributed by atoms with Gasteiger partial charge in [0.1, 0.15) is 12.4 Å². The minimum Gasteiger partial charge on any atom is -0.491 e. The molecule has 3 rings (SSSR count). The Balaban J connectivity index is 1.77. The van der Waals surface area contributed by atoms with Crippen LogP contribution in [-0.2, 0) is 4.79 Å². The maximum absolute atomic E-state index is 11.5. The Hall–Kier alpha value is -2.49. The van der Waals surface area contributed by atoms with Gasteiger partial charge in [-0.05, 0) is 30.7 Å². The van der Waals surface area contributed by atoms with Gasteiger partial charge in [0, 0.05) is 12.2 Å². The number of benzene rings is 2. The van der Waals surface area contributed by atoms with E-state index in [0.717, 1.165) is 18.0 Å². The molecule has 0 aromatic heterocycles. The van der Waals surface area contributed by atoms with Crippen molar-refractivity contribution in [3.8, 4) is 5.75 Å². The Morgan fingerprint density at radius 2 is 1.73 bits per heavy atom. The van der Waals surface area contributed by atoms with Crippen molar-refractivity contribution >= 4 is 11.7 Å². The molecule has 2 aromatic rings. The van der Waals surface area contributed by atoms with Gasteiger partial charge in [-0.15, -0.1) is 0 Å². The third-order valence-corrected chi connectivity index (χ3v) is 4.11. The molecule has 0 aliphatic carbocycles. The molecule has 4 heteroatoms. The standard InChI is InChI=1S/C18H19NO3/c20-18(21)16-11-12-19(14-7-3-1-4-8-14)17(16)13-22-15-9-5-2-6-10-15/h1-10,16-17H,11-13H2,(H,20,21)/t16-,17-/m0/s1. The second kappa shape index (κ2) is 6.52. The molecule has 22 heavy (non-hydrogen) atoms. The van der Waals surface area contributed by atoms with Crippen LogP contribution in [0.5, 0.6) is 5.75 Å². The summed E-state index contributed by atoms with van der Waals surface area (Å²) in [5.74, 6) is -0.379. The molecule has 1 aliphatic rings. The lowest BCUT2D eigenvalue weighted by Crippen LogP contribution is -2.40. The first-order valence-corrected chi connectivity index (χ1v) is 7.48. The summed E-state index contributed by atoms with van der Waals surface area (Å²) < 4.78 is 5.82. The van der Waals surface area contributed by atoms with E-state index in [9.17, 15) is 9.90 Å². The summed E-state index contributed by atoms with van der Waals surface area (Å²) in [6.07, 6.45) is 0.646. The number of ether oxygens (including phenoxy) is 1. The molecule has 0 radical (unpaired) electrons. The fraction of sp³-hybridized carbons (Fsp3) is 0.278. The van der Waals surface area contributed by atoms with E-state index in [1.807, 2.05) is 60.7 Å². The van der Waals surface area contributed by atoms with Crippen LogP contribution in [0.25, 0.3) is 0 Å². The van der Waals surface area contributed by atoms with Gasteiger partial charge in [-0.3, -0.25) is 4.79 Å². The predicted octanol–water partition coefficient (Wildman–Crippen LogP) is 3.05. The molecule has 2 atom stereocenters. The number of hydrogen-bond acceptors (Lipinski definition) is 3. The third-order valence-electron chi connectivity index (χ3n) is 4.11. The zero-order valence-electron chi connectivity index (χ0n) is 12.3. The minimum atomic E-state index is -0.750. The van der Waals surface area contributed by atoms with Gasteiger partial charge in [-0.25, -0.2) is 0 Å². The first-order valence-electron chi connectivity index (χ1n) is 7.48. The van der Waals surface area contributed by atoms with E-state index < -0.39 is 11.9 Å². The molecule has 4 nitrogen and oxygen atoms in total. The van der Waals surface area contributed by atoms with Crippen LogP contribution in [0.15, 0.2) is 60.7 Å². The smallest absolute Gasteiger partial charge is 0.308 e. The molecule has 0 amide bonds. The Labute approximate surface area is 130 Å². The van der Waals surface area contributed by atoms with E-state index in [4.69, 9.17) is 4.74 Å². The molecule has 1 heterocycles. The topological polar surface area (TPSA) is 49.8 Å². The van der Waals surface area contributed by atoms with Gasteiger partial charge in [0.15, 0.2) is 0 Å². The number of anilines is 1. The zero-order valence-corrected chi connectivity index (χ0v) is 12.3. The van der Waals surface area contributed by atoms with E-state index in [2.05, 4.69) is 4.90 Å². The van der Waals surface area contributed by atoms with Crippen LogP contribution in [0.4, 0.5) is 5.69 Å². The van der Waals surface area contributed by atoms with Gasteiger partial charge in [-0.1, -0.05) is 36.4 Å². The SMILES string of the molecule is O=C(O)[C@H]1CCN(c2ccccc2)[C@H]1COc1ccccc1. The second-order valence-corrected chi connectivity index (χ2v) is 5.45. The van der Waals surface area contributed by atoms with Gasteiger partial charge in [-0.2, -0.15) is 0 Å². The zero-order chi connectivity index (χ0) is 15.4. The summed E-state index contributed by atoms with van der Waals surface area (Å²) in [5, 5.41) is 9.46. The number of carbonyl (C=O) groups is 1. The summed E-state index contributed by atoms with van der Waals surface area (Å²) in [4.78, 5) is 13.7. The van der Waals surface area contributed by atoms with Crippen LogP contribution in [0, 0.1) is 5.92 Å². The summed E-state index contributed by atoms with van der Waals surface area (Å²) >= 11 is 0. The Morgan fingerprint density at radius 3 is 2.36 bits per heavy atom. The van der Waals surface area contributed by atoms with Gasteiger partial charge < -0.3 is 14.7 Å². The van der Waals surface area contributed by atoms with Crippen LogP contribution in [-0.4, -0.2) is 30.3 Å². The van der Waals surface area contributed by atoms with Gasteiger partial charge in [0.25, 0.3) is 0 Å². The molecule has 1 aliphatic heterocycles. The average Bonchev–Trinajstić information content (AvgIpc) is 2.99. The molecule has 114 valence electrons. The number of carboxylic acids is 1. The highest BCUT2D eigenvalue weighted by atomic mass is 16.5. The fourth-order valence-corrected chi connectivity index (χ4v) is 2.99. The monoisotopic (exact) mass is 297 g/mol. The number of rotatable bonds is 5. The fourth-order valence-electron chi connectivity index (χ4n) is 2.99. The highest BCUT2D eigenvalue weighted by Gasteiger charge is 2.39. The highest BCUT2D eigenvalue weighted by molar-refractivity contribution is 5.73. The van der Waals surface area contributed by atoms with E-state index in [-0.39, 0.29) is 6.04 Å². The normalized spacial score (nSPS) is 20.8. The number of aliphatic carboxylic acids is 1. The molecule has 0 unspecified atom stereocenters. The maximum atomic E-state index is 11.5. The first-order chi connectivity index (χ1) is 10.8. The van der Waals surface area contributed by atoms with Gasteiger partial charge >= 0.3 is 5.97 Å². The van der Waals surface area contributed by atoms with Crippen LogP contribution in [0.1, 0.15) is 6.42 Å². The average molecular weight is 297 g/mol. The number of hydrogen-bond donors (Lipinski definition) is 1. The van der Waals surface area contributed by atoms with Gasteiger partial charge in [0.2, 0.25) is 0 Å². The van der Waals surface area contributed by atoms with Crippen LogP contribution in [0.3, 0.4) is 0 Å². The van der Waals surface area contributed by atoms with Crippen LogP contribution < -0.4 is 9.64 Å². The van der Waals surface area contributed by atoms with E-state index in [1.165, 1.54) is 0 Å². The third kappa shape index (κ3) is 3.06. The van der Waals surface area contributed by atoms with Crippen LogP contribution >= 0.6 is 0 Å². The Morgan fingerprint density at radius 1 is 1.09 bits per heavy atom. The van der Waals surface area contributed by atoms with Crippen LogP contribution in [0.2, 0.25) is 0 Å². The summed E-state index contributed by atoms with van der Waals surface area (Å²) in [7, 11) is 0. The molecule has 1 fully saturated rings. The lowest BCUT2D eigenvalue weighted by Gasteiger charge is -2.28.